The monoisotopic (exact) mass is 341 g/mol. The van der Waals surface area contributed by atoms with Crippen LogP contribution in [0.15, 0.2) is 42.7 Å². The molecule has 0 atom stereocenters. The molecule has 0 aliphatic rings. The maximum atomic E-state index is 13.8. The number of nitrogens with zero attached hydrogens (tertiary/aromatic N) is 3. The number of halogens is 1. The lowest BCUT2D eigenvalue weighted by molar-refractivity contribution is 0.0588. The van der Waals surface area contributed by atoms with E-state index in [0.29, 0.717) is 18.8 Å². The Hall–Kier alpha value is -2.73. The molecule has 3 rings (SSSR count). The van der Waals surface area contributed by atoms with Gasteiger partial charge in [-0.3, -0.25) is 9.88 Å². The average molecular weight is 341 g/mol. The van der Waals surface area contributed by atoms with E-state index in [1.165, 1.54) is 19.2 Å². The summed E-state index contributed by atoms with van der Waals surface area (Å²) in [5.41, 5.74) is 3.13. The largest absolute Gasteiger partial charge is 0.464 e. The first-order valence-corrected chi connectivity index (χ1v) is 7.94. The van der Waals surface area contributed by atoms with Crippen molar-refractivity contribution in [1.29, 1.82) is 0 Å². The van der Waals surface area contributed by atoms with Crippen molar-refractivity contribution in [3.63, 3.8) is 0 Å². The minimum absolute atomic E-state index is 0.326. The fourth-order valence-corrected chi connectivity index (χ4v) is 3.14. The molecular formula is C19H20FN3O2. The summed E-state index contributed by atoms with van der Waals surface area (Å²) >= 11 is 0. The van der Waals surface area contributed by atoms with Crippen molar-refractivity contribution < 1.29 is 13.9 Å². The summed E-state index contributed by atoms with van der Waals surface area (Å²) in [6.07, 6.45) is 3.49. The molecule has 0 aliphatic carbocycles. The van der Waals surface area contributed by atoms with E-state index in [1.807, 2.05) is 19.2 Å². The van der Waals surface area contributed by atoms with E-state index in [-0.39, 0.29) is 5.82 Å². The summed E-state index contributed by atoms with van der Waals surface area (Å²) in [5.74, 6) is -0.751. The topological polar surface area (TPSA) is 47.4 Å². The van der Waals surface area contributed by atoms with Crippen LogP contribution >= 0.6 is 0 Å². The van der Waals surface area contributed by atoms with Gasteiger partial charge in [0.25, 0.3) is 0 Å². The summed E-state index contributed by atoms with van der Waals surface area (Å²) in [6, 6.07) is 8.44. The fourth-order valence-electron chi connectivity index (χ4n) is 3.14. The number of aryl methyl sites for hydroxylation is 1. The van der Waals surface area contributed by atoms with E-state index in [4.69, 9.17) is 4.74 Å². The van der Waals surface area contributed by atoms with Gasteiger partial charge in [-0.25, -0.2) is 9.18 Å². The number of pyridine rings is 1. The summed E-state index contributed by atoms with van der Waals surface area (Å²) in [7, 11) is 5.10. The molecule has 25 heavy (non-hydrogen) atoms. The van der Waals surface area contributed by atoms with Gasteiger partial charge in [0, 0.05) is 49.0 Å². The van der Waals surface area contributed by atoms with Crippen LogP contribution in [-0.2, 0) is 24.9 Å². The van der Waals surface area contributed by atoms with Gasteiger partial charge < -0.3 is 9.30 Å². The summed E-state index contributed by atoms with van der Waals surface area (Å²) in [6.45, 7) is 1.18. The Morgan fingerprint density at radius 1 is 1.24 bits per heavy atom. The number of hydrogen-bond donors (Lipinski definition) is 0. The van der Waals surface area contributed by atoms with Gasteiger partial charge in [0.05, 0.1) is 7.11 Å². The molecule has 2 heterocycles. The highest BCUT2D eigenvalue weighted by Gasteiger charge is 2.23. The van der Waals surface area contributed by atoms with Gasteiger partial charge in [-0.1, -0.05) is 0 Å². The number of rotatable bonds is 5. The Kier molecular flexibility index (Phi) is 4.81. The van der Waals surface area contributed by atoms with Crippen LogP contribution in [0.2, 0.25) is 0 Å². The number of fused-ring (bicyclic) bond motifs is 1. The fraction of sp³-hybridized carbons (Fsp3) is 0.263. The van der Waals surface area contributed by atoms with Gasteiger partial charge in [0.2, 0.25) is 0 Å². The number of aromatic nitrogens is 2. The van der Waals surface area contributed by atoms with Crippen LogP contribution in [0.25, 0.3) is 10.9 Å². The van der Waals surface area contributed by atoms with Crippen molar-refractivity contribution in [1.82, 2.24) is 14.5 Å². The third kappa shape index (κ3) is 3.39. The van der Waals surface area contributed by atoms with Crippen molar-refractivity contribution in [3.05, 3.63) is 65.4 Å². The molecule has 3 aromatic rings. The Bertz CT molecular complexity index is 906. The van der Waals surface area contributed by atoms with Crippen LogP contribution in [0, 0.1) is 5.82 Å². The molecule has 1 aromatic carbocycles. The predicted molar refractivity (Wildman–Crippen MR) is 93.6 cm³/mol. The van der Waals surface area contributed by atoms with Crippen LogP contribution in [0.4, 0.5) is 4.39 Å². The van der Waals surface area contributed by atoms with Crippen molar-refractivity contribution in [2.75, 3.05) is 14.2 Å². The molecule has 0 radical (unpaired) electrons. The maximum absolute atomic E-state index is 13.8. The third-order valence-electron chi connectivity index (χ3n) is 4.27. The number of hydrogen-bond acceptors (Lipinski definition) is 4. The molecule has 0 spiro atoms. The van der Waals surface area contributed by atoms with Crippen molar-refractivity contribution in [2.45, 2.75) is 13.1 Å². The summed E-state index contributed by atoms with van der Waals surface area (Å²) < 4.78 is 20.5. The smallest absolute Gasteiger partial charge is 0.355 e. The van der Waals surface area contributed by atoms with E-state index in [1.54, 1.807) is 30.1 Å². The minimum atomic E-state index is -0.425. The molecular weight excluding hydrogens is 321 g/mol. The lowest BCUT2D eigenvalue weighted by atomic mass is 10.1. The second kappa shape index (κ2) is 7.03. The molecule has 0 saturated carbocycles. The van der Waals surface area contributed by atoms with Crippen molar-refractivity contribution >= 4 is 16.9 Å². The van der Waals surface area contributed by atoms with E-state index in [2.05, 4.69) is 9.88 Å². The maximum Gasteiger partial charge on any atom is 0.355 e. The number of carbonyl (C=O) groups is 1. The van der Waals surface area contributed by atoms with Gasteiger partial charge >= 0.3 is 5.97 Å². The lowest BCUT2D eigenvalue weighted by Crippen LogP contribution is -2.20. The average Bonchev–Trinajstić information content (AvgIpc) is 2.86. The number of esters is 1. The van der Waals surface area contributed by atoms with Gasteiger partial charge in [-0.05, 0) is 42.9 Å². The van der Waals surface area contributed by atoms with Gasteiger partial charge in [-0.2, -0.15) is 0 Å². The first kappa shape index (κ1) is 17.1. The Balaban J connectivity index is 2.01. The van der Waals surface area contributed by atoms with E-state index >= 15 is 0 Å². The zero-order valence-corrected chi connectivity index (χ0v) is 14.5. The molecule has 0 amide bonds. The SMILES string of the molecule is COC(=O)c1c(CN(C)Cc2ccncc2)c2cc(F)ccc2n1C. The standard InChI is InChI=1S/C19H20FN3O2/c1-22(11-13-6-8-21-9-7-13)12-16-15-10-14(20)4-5-17(15)23(2)18(16)19(24)25-3/h4-10H,11-12H2,1-3H3. The van der Waals surface area contributed by atoms with Crippen LogP contribution < -0.4 is 0 Å². The molecule has 0 aliphatic heterocycles. The van der Waals surface area contributed by atoms with Gasteiger partial charge in [0.15, 0.2) is 0 Å². The lowest BCUT2D eigenvalue weighted by Gasteiger charge is -2.17. The number of benzene rings is 1. The zero-order chi connectivity index (χ0) is 18.0. The van der Waals surface area contributed by atoms with E-state index in [9.17, 15) is 9.18 Å². The number of carbonyl (C=O) groups excluding carboxylic acids is 1. The molecule has 130 valence electrons. The molecule has 0 unspecified atom stereocenters. The first-order valence-electron chi connectivity index (χ1n) is 7.94. The number of methoxy groups -OCH3 is 1. The molecule has 0 saturated heterocycles. The molecule has 6 heteroatoms. The van der Waals surface area contributed by atoms with E-state index in [0.717, 1.165) is 22.0 Å². The third-order valence-corrected chi connectivity index (χ3v) is 4.27. The highest BCUT2D eigenvalue weighted by atomic mass is 19.1. The quantitative estimate of drug-likeness (QED) is 0.669. The van der Waals surface area contributed by atoms with Crippen LogP contribution in [0.3, 0.4) is 0 Å². The summed E-state index contributed by atoms with van der Waals surface area (Å²) in [4.78, 5) is 18.4. The molecule has 0 N–H and O–H groups in total. The molecule has 0 bridgehead atoms. The summed E-state index contributed by atoms with van der Waals surface area (Å²) in [5, 5.41) is 0.726. The Labute approximate surface area is 145 Å². The second-order valence-electron chi connectivity index (χ2n) is 6.07. The Morgan fingerprint density at radius 2 is 1.96 bits per heavy atom. The number of ether oxygens (including phenoxy) is 1. The zero-order valence-electron chi connectivity index (χ0n) is 14.5. The molecule has 5 nitrogen and oxygen atoms in total. The second-order valence-corrected chi connectivity index (χ2v) is 6.07. The highest BCUT2D eigenvalue weighted by Crippen LogP contribution is 2.28. The highest BCUT2D eigenvalue weighted by molar-refractivity contribution is 5.99. The normalized spacial score (nSPS) is 11.2. The first-order chi connectivity index (χ1) is 12.0. The Morgan fingerprint density at radius 3 is 2.64 bits per heavy atom. The minimum Gasteiger partial charge on any atom is -0.464 e. The predicted octanol–water partition coefficient (Wildman–Crippen LogP) is 3.13. The van der Waals surface area contributed by atoms with E-state index < -0.39 is 5.97 Å². The van der Waals surface area contributed by atoms with Gasteiger partial charge in [-0.15, -0.1) is 0 Å². The van der Waals surface area contributed by atoms with Crippen molar-refractivity contribution in [2.24, 2.45) is 7.05 Å². The molecule has 2 aromatic heterocycles. The van der Waals surface area contributed by atoms with Crippen LogP contribution in [-0.4, -0.2) is 34.6 Å². The van der Waals surface area contributed by atoms with Crippen LogP contribution in [0.5, 0.6) is 0 Å². The molecule has 0 fully saturated rings. The van der Waals surface area contributed by atoms with Gasteiger partial charge in [0.1, 0.15) is 11.5 Å². The van der Waals surface area contributed by atoms with Crippen molar-refractivity contribution in [3.8, 4) is 0 Å². The van der Waals surface area contributed by atoms with Crippen LogP contribution in [0.1, 0.15) is 21.6 Å².